The fourth-order valence-corrected chi connectivity index (χ4v) is 1.32. The molecular formula is C10H13Br. The molecule has 0 nitrogen and oxygen atoms in total. The van der Waals surface area contributed by atoms with Gasteiger partial charge in [-0.05, 0) is 5.57 Å². The van der Waals surface area contributed by atoms with Crippen molar-refractivity contribution in [3.05, 3.63) is 36.0 Å². The van der Waals surface area contributed by atoms with Gasteiger partial charge in [-0.3, -0.25) is 0 Å². The molecule has 0 aromatic carbocycles. The standard InChI is InChI=1S/C10H13Br/c1-10(2)6-3-4-9(8-11)5-7-10/h3-7H,8H2,1-2H3. The first kappa shape index (κ1) is 8.79. The normalized spacial score (nSPS) is 21.2. The highest BCUT2D eigenvalue weighted by molar-refractivity contribution is 9.09. The van der Waals surface area contributed by atoms with Crippen LogP contribution in [0, 0.1) is 5.41 Å². The number of hydrogen-bond donors (Lipinski definition) is 0. The van der Waals surface area contributed by atoms with E-state index in [1.165, 1.54) is 5.57 Å². The Balaban J connectivity index is 2.83. The van der Waals surface area contributed by atoms with Crippen LogP contribution in [0.1, 0.15) is 13.8 Å². The third-order valence-corrected chi connectivity index (χ3v) is 2.36. The summed E-state index contributed by atoms with van der Waals surface area (Å²) < 4.78 is 0. The number of halogens is 1. The van der Waals surface area contributed by atoms with E-state index in [2.05, 4.69) is 60.2 Å². The number of hydrogen-bond acceptors (Lipinski definition) is 0. The van der Waals surface area contributed by atoms with Gasteiger partial charge in [0.05, 0.1) is 0 Å². The van der Waals surface area contributed by atoms with E-state index in [0.29, 0.717) is 0 Å². The van der Waals surface area contributed by atoms with E-state index in [1.54, 1.807) is 0 Å². The summed E-state index contributed by atoms with van der Waals surface area (Å²) in [6.07, 6.45) is 10.9. The fourth-order valence-electron chi connectivity index (χ4n) is 0.942. The van der Waals surface area contributed by atoms with Crippen LogP contribution in [0.3, 0.4) is 0 Å². The Morgan fingerprint density at radius 2 is 2.09 bits per heavy atom. The van der Waals surface area contributed by atoms with Gasteiger partial charge in [0, 0.05) is 10.7 Å². The molecule has 0 spiro atoms. The summed E-state index contributed by atoms with van der Waals surface area (Å²) in [7, 11) is 0. The first-order valence-electron chi connectivity index (χ1n) is 3.78. The Morgan fingerprint density at radius 1 is 1.36 bits per heavy atom. The van der Waals surface area contributed by atoms with Crippen LogP contribution in [-0.2, 0) is 0 Å². The molecule has 0 bridgehead atoms. The minimum absolute atomic E-state index is 0.209. The molecule has 0 N–H and O–H groups in total. The molecule has 0 saturated carbocycles. The molecule has 1 heteroatoms. The predicted octanol–water partition coefficient (Wildman–Crippen LogP) is 3.46. The van der Waals surface area contributed by atoms with Gasteiger partial charge in [0.25, 0.3) is 0 Å². The quantitative estimate of drug-likeness (QED) is 0.585. The van der Waals surface area contributed by atoms with Gasteiger partial charge in [0.2, 0.25) is 0 Å². The second-order valence-corrected chi connectivity index (χ2v) is 3.95. The maximum Gasteiger partial charge on any atom is 0.0282 e. The zero-order valence-corrected chi connectivity index (χ0v) is 8.56. The van der Waals surface area contributed by atoms with E-state index < -0.39 is 0 Å². The third kappa shape index (κ3) is 2.66. The fraction of sp³-hybridized carbons (Fsp3) is 0.400. The zero-order valence-electron chi connectivity index (χ0n) is 6.97. The number of rotatable bonds is 1. The molecule has 1 rings (SSSR count). The van der Waals surface area contributed by atoms with Gasteiger partial charge in [-0.2, -0.15) is 0 Å². The van der Waals surface area contributed by atoms with Crippen LogP contribution in [0.25, 0.3) is 0 Å². The van der Waals surface area contributed by atoms with Crippen LogP contribution in [0.5, 0.6) is 0 Å². The molecule has 0 heterocycles. The predicted molar refractivity (Wildman–Crippen MR) is 53.9 cm³/mol. The van der Waals surface area contributed by atoms with E-state index in [0.717, 1.165) is 5.33 Å². The second-order valence-electron chi connectivity index (χ2n) is 3.39. The topological polar surface area (TPSA) is 0 Å². The van der Waals surface area contributed by atoms with Crippen molar-refractivity contribution in [2.75, 3.05) is 5.33 Å². The van der Waals surface area contributed by atoms with E-state index in [4.69, 9.17) is 0 Å². The molecule has 1 aliphatic rings. The monoisotopic (exact) mass is 212 g/mol. The van der Waals surface area contributed by atoms with Crippen LogP contribution in [-0.4, -0.2) is 5.33 Å². The van der Waals surface area contributed by atoms with Gasteiger partial charge in [-0.25, -0.2) is 0 Å². The van der Waals surface area contributed by atoms with Gasteiger partial charge in [-0.15, -0.1) is 0 Å². The van der Waals surface area contributed by atoms with E-state index in [1.807, 2.05) is 0 Å². The van der Waals surface area contributed by atoms with Crippen molar-refractivity contribution >= 4 is 15.9 Å². The Kier molecular flexibility index (Phi) is 2.72. The van der Waals surface area contributed by atoms with E-state index >= 15 is 0 Å². The van der Waals surface area contributed by atoms with E-state index in [9.17, 15) is 0 Å². The molecule has 0 aliphatic heterocycles. The third-order valence-electron chi connectivity index (χ3n) is 1.72. The summed E-state index contributed by atoms with van der Waals surface area (Å²) in [5.41, 5.74) is 1.53. The smallest absolute Gasteiger partial charge is 0.0282 e. The van der Waals surface area contributed by atoms with Crippen LogP contribution < -0.4 is 0 Å². The molecule has 1 aliphatic carbocycles. The molecule has 0 aromatic heterocycles. The molecule has 11 heavy (non-hydrogen) atoms. The van der Waals surface area contributed by atoms with Gasteiger partial charge < -0.3 is 0 Å². The first-order chi connectivity index (χ1) is 5.14. The highest BCUT2D eigenvalue weighted by Gasteiger charge is 2.09. The largest absolute Gasteiger partial charge is 0.0876 e. The van der Waals surface area contributed by atoms with Crippen LogP contribution in [0.2, 0.25) is 0 Å². The van der Waals surface area contributed by atoms with Gasteiger partial charge in [0.15, 0.2) is 0 Å². The van der Waals surface area contributed by atoms with Crippen molar-refractivity contribution in [1.82, 2.24) is 0 Å². The van der Waals surface area contributed by atoms with Gasteiger partial charge >= 0.3 is 0 Å². The van der Waals surface area contributed by atoms with E-state index in [-0.39, 0.29) is 5.41 Å². The highest BCUT2D eigenvalue weighted by Crippen LogP contribution is 2.22. The summed E-state index contributed by atoms with van der Waals surface area (Å²) in [5.74, 6) is 0. The Labute approximate surface area is 76.8 Å². The van der Waals surface area contributed by atoms with Crippen molar-refractivity contribution < 1.29 is 0 Å². The minimum Gasteiger partial charge on any atom is -0.0876 e. The zero-order chi connectivity index (χ0) is 8.32. The minimum atomic E-state index is 0.209. The SMILES string of the molecule is CC1(C)C=CC=C(CBr)C=C1. The summed E-state index contributed by atoms with van der Waals surface area (Å²) in [5, 5.41) is 0.934. The first-order valence-corrected chi connectivity index (χ1v) is 4.90. The lowest BCUT2D eigenvalue weighted by molar-refractivity contribution is 0.627. The van der Waals surface area contributed by atoms with Crippen molar-refractivity contribution in [3.63, 3.8) is 0 Å². The Bertz CT molecular complexity index is 219. The average molecular weight is 213 g/mol. The number of alkyl halides is 1. The summed E-state index contributed by atoms with van der Waals surface area (Å²) in [6, 6.07) is 0. The molecule has 0 atom stereocenters. The lowest BCUT2D eigenvalue weighted by Gasteiger charge is -2.12. The van der Waals surface area contributed by atoms with Crippen molar-refractivity contribution in [2.45, 2.75) is 13.8 Å². The van der Waals surface area contributed by atoms with Crippen LogP contribution >= 0.6 is 15.9 Å². The highest BCUT2D eigenvalue weighted by atomic mass is 79.9. The van der Waals surface area contributed by atoms with Crippen molar-refractivity contribution in [2.24, 2.45) is 5.41 Å². The molecule has 0 radical (unpaired) electrons. The molecule has 0 amide bonds. The summed E-state index contributed by atoms with van der Waals surface area (Å²) in [4.78, 5) is 0. The second kappa shape index (κ2) is 3.40. The average Bonchev–Trinajstić information content (AvgIpc) is 2.10. The molecule has 0 saturated heterocycles. The maximum absolute atomic E-state index is 3.43. The van der Waals surface area contributed by atoms with Gasteiger partial charge in [0.1, 0.15) is 0 Å². The Hall–Kier alpha value is -0.300. The summed E-state index contributed by atoms with van der Waals surface area (Å²) >= 11 is 3.43. The Morgan fingerprint density at radius 3 is 2.73 bits per heavy atom. The lowest BCUT2D eigenvalue weighted by atomic mass is 9.93. The molecule has 0 aromatic rings. The van der Waals surface area contributed by atoms with Crippen LogP contribution in [0.4, 0.5) is 0 Å². The van der Waals surface area contributed by atoms with Crippen LogP contribution in [0.15, 0.2) is 36.0 Å². The maximum atomic E-state index is 3.43. The van der Waals surface area contributed by atoms with Crippen molar-refractivity contribution in [3.8, 4) is 0 Å². The van der Waals surface area contributed by atoms with Crippen molar-refractivity contribution in [1.29, 1.82) is 0 Å². The molecular weight excluding hydrogens is 200 g/mol. The number of allylic oxidation sites excluding steroid dienone is 6. The molecule has 60 valence electrons. The van der Waals surface area contributed by atoms with Gasteiger partial charge in [-0.1, -0.05) is 60.2 Å². The molecule has 0 unspecified atom stereocenters. The summed E-state index contributed by atoms with van der Waals surface area (Å²) in [6.45, 7) is 4.40. The lowest BCUT2D eigenvalue weighted by Crippen LogP contribution is -2.00. The molecule has 0 fully saturated rings.